The van der Waals surface area contributed by atoms with Crippen molar-refractivity contribution in [2.75, 3.05) is 19.3 Å². The van der Waals surface area contributed by atoms with Gasteiger partial charge in [0.25, 0.3) is 0 Å². The highest BCUT2D eigenvalue weighted by Gasteiger charge is 2.48. The van der Waals surface area contributed by atoms with Crippen LogP contribution in [0.1, 0.15) is 45.4 Å². The average molecular weight is 303 g/mol. The summed E-state index contributed by atoms with van der Waals surface area (Å²) in [5.41, 5.74) is -0.667. The molecule has 1 aliphatic carbocycles. The molecule has 0 spiro atoms. The monoisotopic (exact) mass is 303 g/mol. The summed E-state index contributed by atoms with van der Waals surface area (Å²) < 4.78 is 23.8. The third-order valence-corrected chi connectivity index (χ3v) is 6.65. The van der Waals surface area contributed by atoms with Gasteiger partial charge in [-0.15, -0.1) is 0 Å². The van der Waals surface area contributed by atoms with Crippen LogP contribution in [0, 0.1) is 5.41 Å². The minimum absolute atomic E-state index is 0.0167. The molecule has 2 aliphatic rings. The summed E-state index contributed by atoms with van der Waals surface area (Å²) in [5, 5.41) is 9.22. The highest BCUT2D eigenvalue weighted by atomic mass is 32.2. The number of sulfone groups is 1. The lowest BCUT2D eigenvalue weighted by atomic mass is 9.82. The van der Waals surface area contributed by atoms with Crippen LogP contribution in [0.5, 0.6) is 0 Å². The second kappa shape index (κ2) is 5.64. The van der Waals surface area contributed by atoms with Gasteiger partial charge in [-0.2, -0.15) is 0 Å². The molecule has 1 saturated heterocycles. The highest BCUT2D eigenvalue weighted by Crippen LogP contribution is 2.40. The third-order valence-electron chi connectivity index (χ3n) is 5.00. The summed E-state index contributed by atoms with van der Waals surface area (Å²) in [7, 11) is -3.05. The van der Waals surface area contributed by atoms with Gasteiger partial charge in [-0.1, -0.05) is 19.8 Å². The average Bonchev–Trinajstić information content (AvgIpc) is 2.93. The van der Waals surface area contributed by atoms with E-state index in [0.717, 1.165) is 19.3 Å². The maximum absolute atomic E-state index is 11.9. The van der Waals surface area contributed by atoms with Crippen LogP contribution in [-0.2, 0) is 14.6 Å². The van der Waals surface area contributed by atoms with Gasteiger partial charge in [-0.05, 0) is 32.2 Å². The fraction of sp³-hybridized carbons (Fsp3) is 0.929. The van der Waals surface area contributed by atoms with E-state index in [1.807, 2.05) is 6.92 Å². The summed E-state index contributed by atoms with van der Waals surface area (Å²) in [6, 6.07) is 0.0167. The maximum Gasteiger partial charge on any atom is 0.310 e. The Labute approximate surface area is 121 Å². The van der Waals surface area contributed by atoms with Crippen LogP contribution >= 0.6 is 0 Å². The molecular formula is C14H25NO4S. The van der Waals surface area contributed by atoms with Crippen molar-refractivity contribution in [3.63, 3.8) is 0 Å². The minimum Gasteiger partial charge on any atom is -0.481 e. The van der Waals surface area contributed by atoms with Gasteiger partial charge < -0.3 is 5.11 Å². The fourth-order valence-electron chi connectivity index (χ4n) is 3.98. The third kappa shape index (κ3) is 2.86. The first-order chi connectivity index (χ1) is 9.30. The Hall–Kier alpha value is -0.620. The van der Waals surface area contributed by atoms with Gasteiger partial charge in [0.05, 0.1) is 10.7 Å². The SMILES string of the molecule is CCCC1(C(=O)O)CCN(C2CCCC2S(C)(=O)=O)C1. The smallest absolute Gasteiger partial charge is 0.310 e. The van der Waals surface area contributed by atoms with Gasteiger partial charge in [0.1, 0.15) is 0 Å². The van der Waals surface area contributed by atoms with Crippen LogP contribution in [0.4, 0.5) is 0 Å². The molecule has 20 heavy (non-hydrogen) atoms. The van der Waals surface area contributed by atoms with E-state index in [2.05, 4.69) is 4.90 Å². The summed E-state index contributed by atoms with van der Waals surface area (Å²) in [5.74, 6) is -0.726. The second-order valence-corrected chi connectivity index (χ2v) is 8.69. The molecule has 116 valence electrons. The van der Waals surface area contributed by atoms with Crippen molar-refractivity contribution in [2.45, 2.75) is 56.7 Å². The van der Waals surface area contributed by atoms with E-state index < -0.39 is 21.2 Å². The molecule has 0 aromatic heterocycles. The molecular weight excluding hydrogens is 278 g/mol. The fourth-order valence-corrected chi connectivity index (χ4v) is 5.45. The highest BCUT2D eigenvalue weighted by molar-refractivity contribution is 7.91. The van der Waals surface area contributed by atoms with Crippen LogP contribution in [-0.4, -0.2) is 55.0 Å². The molecule has 2 fully saturated rings. The molecule has 0 radical (unpaired) electrons. The minimum atomic E-state index is -3.05. The molecule has 0 aromatic rings. The van der Waals surface area contributed by atoms with Gasteiger partial charge in [-0.25, -0.2) is 8.42 Å². The summed E-state index contributed by atoms with van der Waals surface area (Å²) in [6.07, 6.45) is 5.99. The number of likely N-dealkylation sites (tertiary alicyclic amines) is 1. The Morgan fingerprint density at radius 3 is 2.65 bits per heavy atom. The Bertz CT molecular complexity index is 476. The number of carbonyl (C=O) groups is 1. The Balaban J connectivity index is 2.14. The Morgan fingerprint density at radius 2 is 2.10 bits per heavy atom. The number of hydrogen-bond donors (Lipinski definition) is 1. The van der Waals surface area contributed by atoms with Crippen LogP contribution < -0.4 is 0 Å². The van der Waals surface area contributed by atoms with Crippen molar-refractivity contribution in [3.05, 3.63) is 0 Å². The molecule has 1 saturated carbocycles. The standard InChI is InChI=1S/C14H25NO4S/c1-3-7-14(13(16)17)8-9-15(10-14)11-5-4-6-12(11)20(2,18)19/h11-12H,3-10H2,1-2H3,(H,16,17). The molecule has 2 rings (SSSR count). The second-order valence-electron chi connectivity index (χ2n) is 6.42. The van der Waals surface area contributed by atoms with E-state index in [1.165, 1.54) is 6.26 Å². The quantitative estimate of drug-likeness (QED) is 0.833. The number of hydrogen-bond acceptors (Lipinski definition) is 4. The van der Waals surface area contributed by atoms with Crippen LogP contribution in [0.25, 0.3) is 0 Å². The zero-order valence-electron chi connectivity index (χ0n) is 12.3. The number of carboxylic acid groups (broad SMARTS) is 1. The molecule has 0 amide bonds. The van der Waals surface area contributed by atoms with Gasteiger partial charge >= 0.3 is 5.97 Å². The largest absolute Gasteiger partial charge is 0.481 e. The summed E-state index contributed by atoms with van der Waals surface area (Å²) in [4.78, 5) is 13.7. The normalized spacial score (nSPS) is 35.5. The first-order valence-electron chi connectivity index (χ1n) is 7.46. The molecule has 0 bridgehead atoms. The molecule has 1 heterocycles. The number of nitrogens with zero attached hydrogens (tertiary/aromatic N) is 1. The van der Waals surface area contributed by atoms with Crippen molar-refractivity contribution in [2.24, 2.45) is 5.41 Å². The topological polar surface area (TPSA) is 74.7 Å². The number of carboxylic acids is 1. The molecule has 5 nitrogen and oxygen atoms in total. The summed E-state index contributed by atoms with van der Waals surface area (Å²) >= 11 is 0. The molecule has 0 aromatic carbocycles. The van der Waals surface area contributed by atoms with Gasteiger partial charge in [0, 0.05) is 18.8 Å². The molecule has 1 aliphatic heterocycles. The zero-order valence-corrected chi connectivity index (χ0v) is 13.2. The predicted octanol–water partition coefficient (Wildman–Crippen LogP) is 1.53. The van der Waals surface area contributed by atoms with Crippen LogP contribution in [0.2, 0.25) is 0 Å². The van der Waals surface area contributed by atoms with E-state index in [-0.39, 0.29) is 11.3 Å². The molecule has 3 atom stereocenters. The van der Waals surface area contributed by atoms with Crippen molar-refractivity contribution in [1.29, 1.82) is 0 Å². The van der Waals surface area contributed by atoms with Crippen LogP contribution in [0.3, 0.4) is 0 Å². The van der Waals surface area contributed by atoms with Crippen molar-refractivity contribution in [1.82, 2.24) is 4.90 Å². The first kappa shape index (κ1) is 15.8. The number of aliphatic carboxylic acids is 1. The first-order valence-corrected chi connectivity index (χ1v) is 9.42. The van der Waals surface area contributed by atoms with Crippen LogP contribution in [0.15, 0.2) is 0 Å². The van der Waals surface area contributed by atoms with E-state index >= 15 is 0 Å². The molecule has 1 N–H and O–H groups in total. The van der Waals surface area contributed by atoms with Gasteiger partial charge in [0.2, 0.25) is 0 Å². The van der Waals surface area contributed by atoms with Gasteiger partial charge in [-0.3, -0.25) is 9.69 Å². The summed E-state index contributed by atoms with van der Waals surface area (Å²) in [6.45, 7) is 3.22. The zero-order chi connectivity index (χ0) is 15.0. The Morgan fingerprint density at radius 1 is 1.40 bits per heavy atom. The predicted molar refractivity (Wildman–Crippen MR) is 77.4 cm³/mol. The van der Waals surface area contributed by atoms with Crippen molar-refractivity contribution >= 4 is 15.8 Å². The van der Waals surface area contributed by atoms with E-state index in [4.69, 9.17) is 0 Å². The lowest BCUT2D eigenvalue weighted by Gasteiger charge is -2.30. The van der Waals surface area contributed by atoms with Gasteiger partial charge in [0.15, 0.2) is 9.84 Å². The molecule has 3 unspecified atom stereocenters. The van der Waals surface area contributed by atoms with E-state index in [9.17, 15) is 18.3 Å². The van der Waals surface area contributed by atoms with E-state index in [0.29, 0.717) is 32.4 Å². The number of rotatable bonds is 5. The van der Waals surface area contributed by atoms with E-state index in [1.54, 1.807) is 0 Å². The van der Waals surface area contributed by atoms with Crippen molar-refractivity contribution < 1.29 is 18.3 Å². The van der Waals surface area contributed by atoms with Crippen molar-refractivity contribution in [3.8, 4) is 0 Å². The molecule has 6 heteroatoms. The maximum atomic E-state index is 11.9. The Kier molecular flexibility index (Phi) is 4.44. The lowest BCUT2D eigenvalue weighted by molar-refractivity contribution is -0.148. The lowest BCUT2D eigenvalue weighted by Crippen LogP contribution is -2.44.